The first-order chi connectivity index (χ1) is 24.7. The first kappa shape index (κ1) is 33.7. The van der Waals surface area contributed by atoms with Crippen molar-refractivity contribution in [2.24, 2.45) is 0 Å². The molecular weight excluding hydrogens is 678 g/mol. The first-order valence-corrected chi connectivity index (χ1v) is 15.6. The second kappa shape index (κ2) is 11.9. The molecule has 0 aliphatic heterocycles. The summed E-state index contributed by atoms with van der Waals surface area (Å²) in [5.74, 6) is -0.999. The first-order valence-electron chi connectivity index (χ1n) is 15.6. The van der Waals surface area contributed by atoms with E-state index in [9.17, 15) is 47.4 Å². The summed E-state index contributed by atoms with van der Waals surface area (Å²) < 4.78 is 82.3. The van der Waals surface area contributed by atoms with Crippen molar-refractivity contribution in [2.75, 3.05) is 0 Å². The van der Waals surface area contributed by atoms with Crippen molar-refractivity contribution in [3.8, 4) is 46.7 Å². The van der Waals surface area contributed by atoms with E-state index in [0.29, 0.717) is 40.1 Å². The molecule has 12 heteroatoms. The lowest BCUT2D eigenvalue weighted by Crippen LogP contribution is -2.13. The van der Waals surface area contributed by atoms with Gasteiger partial charge in [0.2, 0.25) is 0 Å². The van der Waals surface area contributed by atoms with Gasteiger partial charge in [0.1, 0.15) is 41.1 Å². The Morgan fingerprint density at radius 1 is 0.635 bits per heavy atom. The molecule has 3 aromatic carbocycles. The van der Waals surface area contributed by atoms with Crippen LogP contribution in [0.5, 0.6) is 0 Å². The smallest absolute Gasteiger partial charge is 0.243 e. The van der Waals surface area contributed by atoms with Crippen LogP contribution in [0.3, 0.4) is 0 Å². The van der Waals surface area contributed by atoms with Gasteiger partial charge >= 0.3 is 12.4 Å². The average Bonchev–Trinajstić information content (AvgIpc) is 3.58. The van der Waals surface area contributed by atoms with Gasteiger partial charge in [0.05, 0.1) is 28.2 Å². The van der Waals surface area contributed by atoms with Gasteiger partial charge in [-0.1, -0.05) is 53.6 Å². The molecule has 0 saturated carbocycles. The number of nitriles is 4. The van der Waals surface area contributed by atoms with Crippen LogP contribution in [-0.4, -0.2) is 9.97 Å². The highest BCUT2D eigenvalue weighted by atomic mass is 19.4. The Morgan fingerprint density at radius 3 is 1.77 bits per heavy atom. The van der Waals surface area contributed by atoms with E-state index < -0.39 is 35.0 Å². The van der Waals surface area contributed by atoms with Gasteiger partial charge in [-0.15, -0.1) is 0 Å². The third kappa shape index (κ3) is 5.43. The van der Waals surface area contributed by atoms with E-state index in [1.807, 2.05) is 68.5 Å². The molecule has 1 aromatic heterocycles. The van der Waals surface area contributed by atoms with Crippen LogP contribution in [0.1, 0.15) is 62.8 Å². The van der Waals surface area contributed by atoms with E-state index in [1.54, 1.807) is 6.07 Å². The Balaban J connectivity index is 1.41. The quantitative estimate of drug-likeness (QED) is 0.134. The van der Waals surface area contributed by atoms with E-state index in [-0.39, 0.29) is 51.9 Å². The molecule has 52 heavy (non-hydrogen) atoms. The zero-order valence-corrected chi connectivity index (χ0v) is 27.1. The molecule has 3 aliphatic carbocycles. The molecule has 0 N–H and O–H groups in total. The number of rotatable bonds is 2. The number of alkyl halides is 6. The molecule has 0 spiro atoms. The monoisotopic (exact) mass is 698 g/mol. The van der Waals surface area contributed by atoms with Crippen LogP contribution < -0.4 is 0 Å². The molecular formula is C40H20F6N6. The third-order valence-electron chi connectivity index (χ3n) is 9.26. The summed E-state index contributed by atoms with van der Waals surface area (Å²) in [4.78, 5) is 9.74. The van der Waals surface area contributed by atoms with Gasteiger partial charge in [0.25, 0.3) is 0 Å². The molecule has 1 unspecified atom stereocenters. The predicted octanol–water partition coefficient (Wildman–Crippen LogP) is 9.94. The molecule has 7 rings (SSSR count). The van der Waals surface area contributed by atoms with E-state index in [4.69, 9.17) is 9.97 Å². The van der Waals surface area contributed by atoms with Crippen LogP contribution in [0.4, 0.5) is 26.3 Å². The standard InChI is InChI=1S/C40H20F6N6/c1-19-7-20(2)9-23(8-19)21-3-5-29-31(12-21)33(25(15-47)16-48)37-35(29)51-36-30-6-4-22(13-32(30)34(38(36)52-37)26(17-49)18-50)24-10-27(39(41,42)43)14-28(11-24)40(44,45)46/h3-12,14,22H,13H2,1-2H3. The lowest BCUT2D eigenvalue weighted by Gasteiger charge is -2.22. The highest BCUT2D eigenvalue weighted by Crippen LogP contribution is 2.53. The van der Waals surface area contributed by atoms with Gasteiger partial charge in [-0.3, -0.25) is 0 Å². The number of nitrogens with zero attached hydrogens (tertiary/aromatic N) is 6. The van der Waals surface area contributed by atoms with Gasteiger partial charge < -0.3 is 0 Å². The SMILES string of the molecule is Cc1cc(C)cc(-c2ccc3c(c2)C(=C(C#N)C#N)c2nc4c(nc2-3)C2=C(CC(c3cc(C(F)(F)F)cc(C(F)(F)F)c3)C=C2)C4=C(C#N)C#N)c1. The van der Waals surface area contributed by atoms with Crippen molar-refractivity contribution in [1.29, 1.82) is 21.0 Å². The van der Waals surface area contributed by atoms with Gasteiger partial charge in [-0.05, 0) is 72.4 Å². The minimum absolute atomic E-state index is 0.0318. The molecule has 0 radical (unpaired) electrons. The van der Waals surface area contributed by atoms with E-state index >= 15 is 0 Å². The summed E-state index contributed by atoms with van der Waals surface area (Å²) in [6.07, 6.45) is -7.31. The van der Waals surface area contributed by atoms with Crippen LogP contribution in [0.25, 0.3) is 39.1 Å². The summed E-state index contributed by atoms with van der Waals surface area (Å²) in [7, 11) is 0. The number of hydrogen-bond acceptors (Lipinski definition) is 6. The molecule has 0 fully saturated rings. The average molecular weight is 699 g/mol. The van der Waals surface area contributed by atoms with E-state index in [1.165, 1.54) is 12.2 Å². The summed E-state index contributed by atoms with van der Waals surface area (Å²) in [5.41, 5.74) is 2.78. The molecule has 1 heterocycles. The zero-order valence-electron chi connectivity index (χ0n) is 27.1. The normalized spacial score (nSPS) is 15.5. The Morgan fingerprint density at radius 2 is 1.19 bits per heavy atom. The second-order valence-electron chi connectivity index (χ2n) is 12.6. The fourth-order valence-corrected chi connectivity index (χ4v) is 7.10. The van der Waals surface area contributed by atoms with Gasteiger partial charge in [-0.2, -0.15) is 47.4 Å². The van der Waals surface area contributed by atoms with E-state index in [2.05, 4.69) is 0 Å². The maximum Gasteiger partial charge on any atom is 0.416 e. The maximum absolute atomic E-state index is 13.7. The largest absolute Gasteiger partial charge is 0.416 e. The molecule has 0 saturated heterocycles. The summed E-state index contributed by atoms with van der Waals surface area (Å²) in [6, 6.07) is 20.5. The number of allylic oxidation sites excluding steroid dienone is 7. The third-order valence-corrected chi connectivity index (χ3v) is 9.26. The van der Waals surface area contributed by atoms with Crippen molar-refractivity contribution >= 4 is 16.7 Å². The second-order valence-corrected chi connectivity index (χ2v) is 12.6. The van der Waals surface area contributed by atoms with Crippen LogP contribution in [0.15, 0.2) is 83.5 Å². The van der Waals surface area contributed by atoms with Crippen molar-refractivity contribution in [2.45, 2.75) is 38.5 Å². The summed E-state index contributed by atoms with van der Waals surface area (Å²) >= 11 is 0. The van der Waals surface area contributed by atoms with Crippen molar-refractivity contribution < 1.29 is 26.3 Å². The molecule has 0 bridgehead atoms. The molecule has 3 aliphatic rings. The minimum atomic E-state index is -5.05. The number of aromatic nitrogens is 2. The summed E-state index contributed by atoms with van der Waals surface area (Å²) in [5, 5.41) is 40.0. The highest BCUT2D eigenvalue weighted by molar-refractivity contribution is 6.08. The predicted molar refractivity (Wildman–Crippen MR) is 178 cm³/mol. The number of fused-ring (bicyclic) bond motifs is 5. The maximum atomic E-state index is 13.7. The van der Waals surface area contributed by atoms with Gasteiger partial charge in [0, 0.05) is 28.2 Å². The summed E-state index contributed by atoms with van der Waals surface area (Å²) in [6.45, 7) is 3.94. The number of benzene rings is 3. The zero-order chi connectivity index (χ0) is 37.3. The van der Waals surface area contributed by atoms with Crippen molar-refractivity contribution in [1.82, 2.24) is 9.97 Å². The molecule has 6 nitrogen and oxygen atoms in total. The molecule has 0 amide bonds. The Labute approximate surface area is 292 Å². The van der Waals surface area contributed by atoms with Crippen LogP contribution >= 0.6 is 0 Å². The van der Waals surface area contributed by atoms with Crippen LogP contribution in [0, 0.1) is 59.2 Å². The minimum Gasteiger partial charge on any atom is -0.243 e. The number of halogens is 6. The van der Waals surface area contributed by atoms with E-state index in [0.717, 1.165) is 22.3 Å². The lowest BCUT2D eigenvalue weighted by atomic mass is 9.82. The molecule has 1 atom stereocenters. The Hall–Kier alpha value is -6.76. The topological polar surface area (TPSA) is 121 Å². The number of hydrogen-bond donors (Lipinski definition) is 0. The molecule has 252 valence electrons. The number of aryl methyl sites for hydroxylation is 2. The van der Waals surface area contributed by atoms with Crippen LogP contribution in [-0.2, 0) is 12.4 Å². The Bertz CT molecular complexity index is 2510. The lowest BCUT2D eigenvalue weighted by molar-refractivity contribution is -0.143. The Kier molecular flexibility index (Phi) is 7.74. The fraction of sp³-hybridized carbons (Fsp3) is 0.150. The fourth-order valence-electron chi connectivity index (χ4n) is 7.10. The van der Waals surface area contributed by atoms with Crippen molar-refractivity contribution in [3.63, 3.8) is 0 Å². The highest BCUT2D eigenvalue weighted by Gasteiger charge is 2.41. The van der Waals surface area contributed by atoms with Gasteiger partial charge in [-0.25, -0.2) is 9.97 Å². The van der Waals surface area contributed by atoms with Crippen LogP contribution in [0.2, 0.25) is 0 Å². The van der Waals surface area contributed by atoms with Gasteiger partial charge in [0.15, 0.2) is 0 Å². The molecule has 4 aromatic rings. The van der Waals surface area contributed by atoms with Crippen molar-refractivity contribution in [3.05, 3.63) is 134 Å².